The molecule has 150 valence electrons. The maximum atomic E-state index is 12.5. The van der Waals surface area contributed by atoms with Crippen LogP contribution in [-0.2, 0) is 16.6 Å². The second-order valence-corrected chi connectivity index (χ2v) is 7.46. The Bertz CT molecular complexity index is 902. The van der Waals surface area contributed by atoms with Gasteiger partial charge in [-0.15, -0.1) is 0 Å². The maximum Gasteiger partial charge on any atom is 0.329 e. The molecule has 1 aromatic carbocycles. The molecule has 1 atom stereocenters. The molecule has 0 aliphatic heterocycles. The van der Waals surface area contributed by atoms with Crippen LogP contribution in [0.5, 0.6) is 0 Å². The Kier molecular flexibility index (Phi) is 7.02. The Hall–Kier alpha value is -2.60. The SMILES string of the molecule is Cc1cc(C(=O)COC(=O)[C@@H](NC(=O)c2ccccc2Cl)C(C)C)c(C)n1C. The van der Waals surface area contributed by atoms with Gasteiger partial charge in [-0.25, -0.2) is 4.79 Å². The summed E-state index contributed by atoms with van der Waals surface area (Å²) in [5.74, 6) is -1.64. The molecule has 0 fully saturated rings. The van der Waals surface area contributed by atoms with E-state index in [2.05, 4.69) is 5.32 Å². The molecule has 0 aliphatic carbocycles. The number of hydrogen-bond donors (Lipinski definition) is 1. The van der Waals surface area contributed by atoms with Crippen LogP contribution in [0.3, 0.4) is 0 Å². The lowest BCUT2D eigenvalue weighted by Gasteiger charge is -2.21. The predicted molar refractivity (Wildman–Crippen MR) is 108 cm³/mol. The van der Waals surface area contributed by atoms with Gasteiger partial charge in [-0.3, -0.25) is 9.59 Å². The van der Waals surface area contributed by atoms with Gasteiger partial charge < -0.3 is 14.6 Å². The standard InChI is InChI=1S/C21H25ClN2O4/c1-12(2)19(23-20(26)15-8-6-7-9-17(15)22)21(27)28-11-18(25)16-10-13(3)24(5)14(16)4/h6-10,12,19H,11H2,1-5H3,(H,23,26)/t19-/m0/s1. The van der Waals surface area contributed by atoms with Crippen molar-refractivity contribution in [3.63, 3.8) is 0 Å². The molecule has 1 N–H and O–H groups in total. The van der Waals surface area contributed by atoms with E-state index >= 15 is 0 Å². The van der Waals surface area contributed by atoms with Crippen molar-refractivity contribution in [3.8, 4) is 0 Å². The number of carbonyl (C=O) groups is 3. The number of hydrogen-bond acceptors (Lipinski definition) is 4. The Morgan fingerprint density at radius 3 is 2.32 bits per heavy atom. The first-order valence-corrected chi connectivity index (χ1v) is 9.39. The highest BCUT2D eigenvalue weighted by molar-refractivity contribution is 6.33. The molecule has 6 nitrogen and oxygen atoms in total. The molecule has 0 bridgehead atoms. The lowest BCUT2D eigenvalue weighted by Crippen LogP contribution is -2.45. The van der Waals surface area contributed by atoms with Gasteiger partial charge in [0.2, 0.25) is 5.78 Å². The summed E-state index contributed by atoms with van der Waals surface area (Å²) in [4.78, 5) is 37.4. The number of nitrogens with one attached hydrogen (secondary N) is 1. The van der Waals surface area contributed by atoms with Gasteiger partial charge in [0.25, 0.3) is 5.91 Å². The maximum absolute atomic E-state index is 12.5. The van der Waals surface area contributed by atoms with Crippen molar-refractivity contribution >= 4 is 29.3 Å². The molecule has 0 aliphatic rings. The van der Waals surface area contributed by atoms with Crippen LogP contribution in [-0.4, -0.2) is 34.9 Å². The molecule has 2 rings (SSSR count). The summed E-state index contributed by atoms with van der Waals surface area (Å²) in [6.45, 7) is 6.92. The third kappa shape index (κ3) is 4.81. The molecule has 2 aromatic rings. The monoisotopic (exact) mass is 404 g/mol. The quantitative estimate of drug-likeness (QED) is 0.566. The average molecular weight is 405 g/mol. The predicted octanol–water partition coefficient (Wildman–Crippen LogP) is 3.48. The van der Waals surface area contributed by atoms with Gasteiger partial charge in [-0.1, -0.05) is 37.6 Å². The highest BCUT2D eigenvalue weighted by Gasteiger charge is 2.28. The molecule has 0 saturated carbocycles. The van der Waals surface area contributed by atoms with Crippen molar-refractivity contribution in [2.24, 2.45) is 13.0 Å². The number of amides is 1. The van der Waals surface area contributed by atoms with Crippen molar-refractivity contribution in [1.82, 2.24) is 9.88 Å². The average Bonchev–Trinajstić information content (AvgIpc) is 2.91. The number of esters is 1. The van der Waals surface area contributed by atoms with Crippen LogP contribution in [0.25, 0.3) is 0 Å². The van der Waals surface area contributed by atoms with Crippen LogP contribution >= 0.6 is 11.6 Å². The second-order valence-electron chi connectivity index (χ2n) is 7.05. The normalized spacial score (nSPS) is 12.0. The molecule has 1 aromatic heterocycles. The number of ether oxygens (including phenoxy) is 1. The third-order valence-corrected chi connectivity index (χ3v) is 5.08. The molecule has 0 saturated heterocycles. The molecule has 7 heteroatoms. The lowest BCUT2D eigenvalue weighted by atomic mass is 10.0. The summed E-state index contributed by atoms with van der Waals surface area (Å²) in [6.07, 6.45) is 0. The number of ketones is 1. The Morgan fingerprint density at radius 2 is 1.79 bits per heavy atom. The van der Waals surface area contributed by atoms with Crippen LogP contribution in [0.15, 0.2) is 30.3 Å². The molecular weight excluding hydrogens is 380 g/mol. The molecule has 1 amide bonds. The minimum atomic E-state index is -0.893. The fourth-order valence-electron chi connectivity index (χ4n) is 2.80. The van der Waals surface area contributed by atoms with Gasteiger partial charge in [0.15, 0.2) is 6.61 Å². The number of Topliss-reactive ketones (excluding diaryl/α,β-unsaturated/α-hetero) is 1. The first-order chi connectivity index (χ1) is 13.1. The van der Waals surface area contributed by atoms with E-state index in [1.807, 2.05) is 25.5 Å². The first kappa shape index (κ1) is 21.7. The van der Waals surface area contributed by atoms with E-state index in [1.54, 1.807) is 44.2 Å². The van der Waals surface area contributed by atoms with E-state index in [0.29, 0.717) is 10.6 Å². The number of carbonyl (C=O) groups excluding carboxylic acids is 3. The van der Waals surface area contributed by atoms with E-state index in [9.17, 15) is 14.4 Å². The van der Waals surface area contributed by atoms with Crippen molar-refractivity contribution in [3.05, 3.63) is 57.9 Å². The van der Waals surface area contributed by atoms with Crippen LogP contribution in [0.4, 0.5) is 0 Å². The van der Waals surface area contributed by atoms with Crippen molar-refractivity contribution in [1.29, 1.82) is 0 Å². The van der Waals surface area contributed by atoms with E-state index < -0.39 is 17.9 Å². The first-order valence-electron chi connectivity index (χ1n) is 9.01. The van der Waals surface area contributed by atoms with Gasteiger partial charge in [-0.2, -0.15) is 0 Å². The van der Waals surface area contributed by atoms with Crippen molar-refractivity contribution in [2.45, 2.75) is 33.7 Å². The zero-order chi connectivity index (χ0) is 21.0. The van der Waals surface area contributed by atoms with Gasteiger partial charge in [0.05, 0.1) is 10.6 Å². The minimum Gasteiger partial charge on any atom is -0.456 e. The molecule has 0 unspecified atom stereocenters. The minimum absolute atomic E-state index is 0.227. The van der Waals surface area contributed by atoms with E-state index in [0.717, 1.165) is 11.4 Å². The molecular formula is C21H25ClN2O4. The fraction of sp³-hybridized carbons (Fsp3) is 0.381. The highest BCUT2D eigenvalue weighted by Crippen LogP contribution is 2.17. The van der Waals surface area contributed by atoms with Crippen LogP contribution < -0.4 is 5.32 Å². The number of halogens is 1. The molecule has 28 heavy (non-hydrogen) atoms. The summed E-state index contributed by atoms with van der Waals surface area (Å²) in [5.41, 5.74) is 2.55. The largest absolute Gasteiger partial charge is 0.456 e. The molecule has 1 heterocycles. The van der Waals surface area contributed by atoms with E-state index in [4.69, 9.17) is 16.3 Å². The molecule has 0 spiro atoms. The number of rotatable bonds is 7. The van der Waals surface area contributed by atoms with Gasteiger partial charge in [-0.05, 0) is 38.0 Å². The number of nitrogens with zero attached hydrogens (tertiary/aromatic N) is 1. The summed E-state index contributed by atoms with van der Waals surface area (Å²) < 4.78 is 7.11. The summed E-state index contributed by atoms with van der Waals surface area (Å²) >= 11 is 6.04. The van der Waals surface area contributed by atoms with Crippen LogP contribution in [0.2, 0.25) is 5.02 Å². The Balaban J connectivity index is 2.05. The zero-order valence-corrected chi connectivity index (χ0v) is 17.5. The third-order valence-electron chi connectivity index (χ3n) is 4.75. The Morgan fingerprint density at radius 1 is 1.14 bits per heavy atom. The highest BCUT2D eigenvalue weighted by atomic mass is 35.5. The number of aryl methyl sites for hydroxylation is 1. The van der Waals surface area contributed by atoms with Gasteiger partial charge in [0, 0.05) is 24.0 Å². The van der Waals surface area contributed by atoms with Crippen molar-refractivity contribution < 1.29 is 19.1 Å². The topological polar surface area (TPSA) is 77.4 Å². The number of aromatic nitrogens is 1. The smallest absolute Gasteiger partial charge is 0.329 e. The van der Waals surface area contributed by atoms with E-state index in [-0.39, 0.29) is 23.9 Å². The molecule has 0 radical (unpaired) electrons. The number of benzene rings is 1. The summed E-state index contributed by atoms with van der Waals surface area (Å²) in [6, 6.07) is 7.45. The van der Waals surface area contributed by atoms with Crippen molar-refractivity contribution in [2.75, 3.05) is 6.61 Å². The van der Waals surface area contributed by atoms with Gasteiger partial charge in [0.1, 0.15) is 6.04 Å². The van der Waals surface area contributed by atoms with Gasteiger partial charge >= 0.3 is 5.97 Å². The van der Waals surface area contributed by atoms with Crippen LogP contribution in [0.1, 0.15) is 46.0 Å². The van der Waals surface area contributed by atoms with E-state index in [1.165, 1.54) is 0 Å². The Labute approximate surface area is 169 Å². The fourth-order valence-corrected chi connectivity index (χ4v) is 3.03. The summed E-state index contributed by atoms with van der Waals surface area (Å²) in [5, 5.41) is 2.94. The lowest BCUT2D eigenvalue weighted by molar-refractivity contribution is -0.145. The second kappa shape index (κ2) is 9.06. The zero-order valence-electron chi connectivity index (χ0n) is 16.7. The van der Waals surface area contributed by atoms with Crippen LogP contribution in [0, 0.1) is 19.8 Å². The summed E-state index contributed by atoms with van der Waals surface area (Å²) in [7, 11) is 1.87.